The van der Waals surface area contributed by atoms with Gasteiger partial charge in [-0.1, -0.05) is 23.2 Å². The Hall–Kier alpha value is -2.10. The number of methoxy groups -OCH3 is 1. The number of carbonyl (C=O) groups is 1. The van der Waals surface area contributed by atoms with Crippen LogP contribution in [0.25, 0.3) is 0 Å². The molecular weight excluding hydrogens is 405 g/mol. The summed E-state index contributed by atoms with van der Waals surface area (Å²) in [4.78, 5) is 15.3. The number of carbonyl (C=O) groups excluding carboxylic acids is 1. The molecule has 0 saturated heterocycles. The Morgan fingerprint density at radius 2 is 1.65 bits per heavy atom. The summed E-state index contributed by atoms with van der Waals surface area (Å²) in [6, 6.07) is 6.06. The number of ether oxygens (including phenoxy) is 3. The number of nitrogens with zero attached hydrogens (tertiary/aromatic N) is 1. The molecule has 0 bridgehead atoms. The van der Waals surface area contributed by atoms with E-state index in [0.717, 1.165) is 12.1 Å². The van der Waals surface area contributed by atoms with Gasteiger partial charge in [0.15, 0.2) is 0 Å². The molecule has 140 valence electrons. The summed E-state index contributed by atoms with van der Waals surface area (Å²) in [5, 5.41) is 0.419. The Labute approximate surface area is 154 Å². The number of esters is 1. The number of halogens is 6. The summed E-state index contributed by atoms with van der Waals surface area (Å²) >= 11 is 11.6. The first kappa shape index (κ1) is 20.2. The van der Waals surface area contributed by atoms with Gasteiger partial charge >= 0.3 is 18.0 Å². The molecule has 0 saturated carbocycles. The number of benzene rings is 1. The molecule has 0 radical (unpaired) electrons. The molecule has 1 atom stereocenters. The van der Waals surface area contributed by atoms with Crippen molar-refractivity contribution in [2.75, 3.05) is 7.11 Å². The fourth-order valence-electron chi connectivity index (χ4n) is 1.65. The van der Waals surface area contributed by atoms with Crippen LogP contribution in [0.5, 0.6) is 17.4 Å². The van der Waals surface area contributed by atoms with Gasteiger partial charge in [-0.15, -0.1) is 0 Å². The van der Waals surface area contributed by atoms with Gasteiger partial charge in [-0.2, -0.15) is 17.6 Å². The fourth-order valence-corrected chi connectivity index (χ4v) is 2.07. The average molecular weight is 414 g/mol. The number of rotatable bonds is 5. The molecule has 0 spiro atoms. The van der Waals surface area contributed by atoms with Crippen molar-refractivity contribution < 1.29 is 36.6 Å². The minimum absolute atomic E-state index is 0.0278. The van der Waals surface area contributed by atoms with E-state index in [4.69, 9.17) is 27.9 Å². The molecule has 0 N–H and O–H groups in total. The molecule has 1 aromatic carbocycles. The van der Waals surface area contributed by atoms with Crippen molar-refractivity contribution >= 4 is 29.2 Å². The third kappa shape index (κ3) is 4.35. The second-order valence-electron chi connectivity index (χ2n) is 4.70. The number of pyridine rings is 1. The van der Waals surface area contributed by atoms with Crippen LogP contribution in [-0.2, 0) is 9.53 Å². The second kappa shape index (κ2) is 7.65. The maximum Gasteiger partial charge on any atom is 0.460 e. The van der Waals surface area contributed by atoms with Crippen molar-refractivity contribution in [3.05, 3.63) is 46.6 Å². The van der Waals surface area contributed by atoms with Gasteiger partial charge in [0.1, 0.15) is 16.5 Å². The van der Waals surface area contributed by atoms with Crippen molar-refractivity contribution in [1.29, 1.82) is 0 Å². The standard InChI is InChI=1S/C15H9Cl2F4NO4/c1-24-14(18,15(19,20)21)13(23)26-10-4-2-9(3-5-10)25-12-11(17)6-8(16)7-22-12/h2-7H,1H3/t14-/m1/s1. The van der Waals surface area contributed by atoms with Gasteiger partial charge < -0.3 is 14.2 Å². The summed E-state index contributed by atoms with van der Waals surface area (Å²) in [5.41, 5.74) is 0. The molecule has 0 unspecified atom stereocenters. The molecule has 0 aliphatic heterocycles. The number of aromatic nitrogens is 1. The normalized spacial score (nSPS) is 13.8. The Morgan fingerprint density at radius 3 is 2.15 bits per heavy atom. The summed E-state index contributed by atoms with van der Waals surface area (Å²) in [7, 11) is 0.397. The first-order valence-corrected chi connectivity index (χ1v) is 7.44. The van der Waals surface area contributed by atoms with Crippen LogP contribution in [0.3, 0.4) is 0 Å². The van der Waals surface area contributed by atoms with E-state index in [-0.39, 0.29) is 22.4 Å². The topological polar surface area (TPSA) is 57.7 Å². The fraction of sp³-hybridized carbons (Fsp3) is 0.200. The van der Waals surface area contributed by atoms with Crippen LogP contribution in [0.4, 0.5) is 17.6 Å². The highest BCUT2D eigenvalue weighted by molar-refractivity contribution is 6.35. The van der Waals surface area contributed by atoms with Crippen molar-refractivity contribution in [1.82, 2.24) is 4.98 Å². The highest BCUT2D eigenvalue weighted by Crippen LogP contribution is 2.36. The van der Waals surface area contributed by atoms with E-state index in [2.05, 4.69) is 14.5 Å². The lowest BCUT2D eigenvalue weighted by atomic mass is 10.3. The summed E-state index contributed by atoms with van der Waals surface area (Å²) in [6.07, 6.45) is -4.31. The van der Waals surface area contributed by atoms with E-state index < -0.39 is 18.0 Å². The minimum atomic E-state index is -5.60. The molecule has 0 aliphatic carbocycles. The Balaban J connectivity index is 2.11. The SMILES string of the molecule is CO[C@](F)(C(=O)Oc1ccc(Oc2ncc(Cl)cc2Cl)cc1)C(F)(F)F. The van der Waals surface area contributed by atoms with E-state index in [1.165, 1.54) is 24.4 Å². The molecule has 11 heteroatoms. The largest absolute Gasteiger partial charge is 0.460 e. The van der Waals surface area contributed by atoms with Gasteiger partial charge in [-0.3, -0.25) is 0 Å². The van der Waals surface area contributed by atoms with E-state index in [9.17, 15) is 22.4 Å². The molecule has 2 rings (SSSR count). The van der Waals surface area contributed by atoms with Crippen LogP contribution < -0.4 is 9.47 Å². The number of hydrogen-bond acceptors (Lipinski definition) is 5. The zero-order chi connectivity index (χ0) is 19.5. The third-order valence-electron chi connectivity index (χ3n) is 2.93. The molecule has 0 amide bonds. The molecule has 26 heavy (non-hydrogen) atoms. The monoisotopic (exact) mass is 413 g/mol. The Morgan fingerprint density at radius 1 is 1.08 bits per heavy atom. The Kier molecular flexibility index (Phi) is 5.94. The van der Waals surface area contributed by atoms with Crippen molar-refractivity contribution in [3.63, 3.8) is 0 Å². The highest BCUT2D eigenvalue weighted by Gasteiger charge is 2.64. The molecule has 1 heterocycles. The highest BCUT2D eigenvalue weighted by atomic mass is 35.5. The zero-order valence-corrected chi connectivity index (χ0v) is 14.3. The first-order valence-electron chi connectivity index (χ1n) is 6.69. The predicted octanol–water partition coefficient (Wildman–Crippen LogP) is 4.96. The molecule has 0 aliphatic rings. The number of hydrogen-bond donors (Lipinski definition) is 0. The van der Waals surface area contributed by atoms with Gasteiger partial charge in [-0.25, -0.2) is 9.78 Å². The van der Waals surface area contributed by atoms with Crippen LogP contribution >= 0.6 is 23.2 Å². The van der Waals surface area contributed by atoms with E-state index in [1.807, 2.05) is 0 Å². The molecule has 5 nitrogen and oxygen atoms in total. The van der Waals surface area contributed by atoms with Crippen molar-refractivity contribution in [3.8, 4) is 17.4 Å². The maximum absolute atomic E-state index is 13.7. The van der Waals surface area contributed by atoms with Gasteiger partial charge in [0.2, 0.25) is 5.88 Å². The van der Waals surface area contributed by atoms with Crippen LogP contribution in [0.2, 0.25) is 10.0 Å². The number of alkyl halides is 4. The quantitative estimate of drug-likeness (QED) is 0.393. The summed E-state index contributed by atoms with van der Waals surface area (Å²) < 4.78 is 64.8. The molecule has 1 aromatic heterocycles. The van der Waals surface area contributed by atoms with Gasteiger partial charge in [0.05, 0.1) is 5.02 Å². The van der Waals surface area contributed by atoms with E-state index in [1.54, 1.807) is 0 Å². The summed E-state index contributed by atoms with van der Waals surface area (Å²) in [6.45, 7) is 0. The van der Waals surface area contributed by atoms with E-state index >= 15 is 0 Å². The Bertz CT molecular complexity index is 801. The van der Waals surface area contributed by atoms with Crippen molar-refractivity contribution in [2.24, 2.45) is 0 Å². The summed E-state index contributed by atoms with van der Waals surface area (Å²) in [5.74, 6) is -7.00. The van der Waals surface area contributed by atoms with Crippen LogP contribution in [0.15, 0.2) is 36.5 Å². The molecular formula is C15H9Cl2F4NO4. The zero-order valence-electron chi connectivity index (χ0n) is 12.8. The van der Waals surface area contributed by atoms with E-state index in [0.29, 0.717) is 12.1 Å². The predicted molar refractivity (Wildman–Crippen MR) is 83.3 cm³/mol. The van der Waals surface area contributed by atoms with Crippen LogP contribution in [-0.4, -0.2) is 30.1 Å². The third-order valence-corrected chi connectivity index (χ3v) is 3.41. The second-order valence-corrected chi connectivity index (χ2v) is 5.54. The van der Waals surface area contributed by atoms with Crippen molar-refractivity contribution in [2.45, 2.75) is 12.0 Å². The van der Waals surface area contributed by atoms with Gasteiger partial charge in [0, 0.05) is 13.3 Å². The molecule has 0 fully saturated rings. The smallest absolute Gasteiger partial charge is 0.438 e. The van der Waals surface area contributed by atoms with Crippen LogP contribution in [0, 0.1) is 0 Å². The first-order chi connectivity index (χ1) is 12.1. The lowest BCUT2D eigenvalue weighted by molar-refractivity contribution is -0.313. The molecule has 2 aromatic rings. The average Bonchev–Trinajstić information content (AvgIpc) is 2.57. The lowest BCUT2D eigenvalue weighted by Crippen LogP contribution is -2.51. The maximum atomic E-state index is 13.7. The van der Waals surface area contributed by atoms with Crippen LogP contribution in [0.1, 0.15) is 0 Å². The lowest BCUT2D eigenvalue weighted by Gasteiger charge is -2.23. The van der Waals surface area contributed by atoms with Gasteiger partial charge in [-0.05, 0) is 30.3 Å². The van der Waals surface area contributed by atoms with Gasteiger partial charge in [0.25, 0.3) is 0 Å². The minimum Gasteiger partial charge on any atom is -0.438 e.